The highest BCUT2D eigenvalue weighted by atomic mass is 79.9. The first kappa shape index (κ1) is 21.7. The SMILES string of the molecule is O=c1c2ccc3cc4c5cc(Br)c(Br)c(Br)c5c(=O)c5ccc6cc(c7cccc(Br)c17)c2c3c6c54. The lowest BCUT2D eigenvalue weighted by atomic mass is 9.84. The van der Waals surface area contributed by atoms with Gasteiger partial charge in [-0.3, -0.25) is 9.59 Å². The van der Waals surface area contributed by atoms with E-state index in [-0.39, 0.29) is 10.9 Å². The third kappa shape index (κ3) is 2.47. The van der Waals surface area contributed by atoms with Crippen molar-refractivity contribution in [3.8, 4) is 0 Å². The van der Waals surface area contributed by atoms with Gasteiger partial charge < -0.3 is 0 Å². The van der Waals surface area contributed by atoms with E-state index in [4.69, 9.17) is 0 Å². The zero-order valence-corrected chi connectivity index (χ0v) is 24.4. The molecule has 0 amide bonds. The summed E-state index contributed by atoms with van der Waals surface area (Å²) in [7, 11) is 0. The molecule has 0 bridgehead atoms. The normalized spacial score (nSPS) is 12.7. The van der Waals surface area contributed by atoms with Crippen LogP contribution in [0.15, 0.2) is 88.1 Å². The van der Waals surface area contributed by atoms with Gasteiger partial charge in [0.1, 0.15) is 0 Å². The molecule has 0 aliphatic carbocycles. The second kappa shape index (κ2) is 7.13. The van der Waals surface area contributed by atoms with Gasteiger partial charge in [0.2, 0.25) is 0 Å². The van der Waals surface area contributed by atoms with Gasteiger partial charge in [0.05, 0.1) is 0 Å². The molecule has 0 fully saturated rings. The Bertz CT molecular complexity index is 2400. The lowest BCUT2D eigenvalue weighted by molar-refractivity contribution is 1.60. The van der Waals surface area contributed by atoms with E-state index in [0.29, 0.717) is 21.5 Å². The minimum atomic E-state index is -0.00611. The molecule has 0 spiro atoms. The topological polar surface area (TPSA) is 34.1 Å². The number of hydrogen-bond donors (Lipinski definition) is 0. The largest absolute Gasteiger partial charge is 0.289 e. The molecule has 0 aromatic heterocycles. The Kier molecular flexibility index (Phi) is 4.30. The molecular formula is C30H10Br4O2. The van der Waals surface area contributed by atoms with Gasteiger partial charge >= 0.3 is 0 Å². The smallest absolute Gasteiger partial charge is 0.195 e. The van der Waals surface area contributed by atoms with Crippen molar-refractivity contribution < 1.29 is 0 Å². The van der Waals surface area contributed by atoms with Crippen molar-refractivity contribution in [3.63, 3.8) is 0 Å². The van der Waals surface area contributed by atoms with E-state index in [0.717, 1.165) is 71.8 Å². The maximum absolute atomic E-state index is 13.8. The Hall–Kier alpha value is -2.38. The molecule has 0 atom stereocenters. The standard InChI is InChI=1S/C30H10Br4O2/c31-19-3-1-2-13-16-8-11-5-7-15-24-17(18-10-20(32)27(33)28(34)26(18)30(15)36)9-12-4-6-14(29(35)25(13)19)23(16)21(12)22(11)24/h1-10H. The molecule has 0 heterocycles. The van der Waals surface area contributed by atoms with E-state index in [1.54, 1.807) is 0 Å². The number of rotatable bonds is 0. The molecule has 8 aromatic rings. The number of hydrogen-bond acceptors (Lipinski definition) is 2. The van der Waals surface area contributed by atoms with Gasteiger partial charge in [-0.2, -0.15) is 0 Å². The lowest BCUT2D eigenvalue weighted by Crippen LogP contribution is -2.07. The zero-order chi connectivity index (χ0) is 24.6. The van der Waals surface area contributed by atoms with Crippen LogP contribution in [0, 0.1) is 0 Å². The maximum Gasteiger partial charge on any atom is 0.195 e. The summed E-state index contributed by atoms with van der Waals surface area (Å²) < 4.78 is 3.24. The first-order valence-corrected chi connectivity index (χ1v) is 14.4. The average molecular weight is 722 g/mol. The minimum absolute atomic E-state index is 0.00611. The van der Waals surface area contributed by atoms with Gasteiger partial charge in [-0.25, -0.2) is 0 Å². The minimum Gasteiger partial charge on any atom is -0.289 e. The van der Waals surface area contributed by atoms with Crippen LogP contribution in [-0.4, -0.2) is 0 Å². The third-order valence-electron chi connectivity index (χ3n) is 7.56. The molecule has 8 rings (SSSR count). The van der Waals surface area contributed by atoms with Crippen molar-refractivity contribution in [2.24, 2.45) is 0 Å². The van der Waals surface area contributed by atoms with Gasteiger partial charge in [0.15, 0.2) is 10.9 Å². The molecule has 0 saturated carbocycles. The number of halogens is 4. The molecule has 0 N–H and O–H groups in total. The van der Waals surface area contributed by atoms with Gasteiger partial charge in [-0.05, 0) is 127 Å². The molecule has 0 aliphatic rings. The first-order chi connectivity index (χ1) is 17.4. The predicted molar refractivity (Wildman–Crippen MR) is 166 cm³/mol. The second-order valence-corrected chi connectivity index (χ2v) is 12.5. The molecule has 0 unspecified atom stereocenters. The van der Waals surface area contributed by atoms with E-state index in [2.05, 4.69) is 75.9 Å². The summed E-state index contributed by atoms with van der Waals surface area (Å²) in [5.41, 5.74) is 0.0167. The quantitative estimate of drug-likeness (QED) is 0.0888. The highest BCUT2D eigenvalue weighted by molar-refractivity contribution is 9.14. The molecule has 6 heteroatoms. The van der Waals surface area contributed by atoms with Crippen molar-refractivity contribution in [2.75, 3.05) is 0 Å². The van der Waals surface area contributed by atoms with Crippen LogP contribution in [0.2, 0.25) is 0 Å². The second-order valence-electron chi connectivity index (χ2n) is 9.25. The van der Waals surface area contributed by atoms with Crippen molar-refractivity contribution in [3.05, 3.63) is 99.0 Å². The Labute approximate surface area is 236 Å². The van der Waals surface area contributed by atoms with Crippen molar-refractivity contribution in [1.82, 2.24) is 0 Å². The molecule has 0 aliphatic heterocycles. The molecule has 2 nitrogen and oxygen atoms in total. The summed E-state index contributed by atoms with van der Waals surface area (Å²) in [6.45, 7) is 0. The highest BCUT2D eigenvalue weighted by Crippen LogP contribution is 2.47. The molecule has 8 aromatic carbocycles. The molecule has 0 saturated heterocycles. The average Bonchev–Trinajstić information content (AvgIpc) is 2.87. The number of benzene rings is 8. The summed E-state index contributed by atoms with van der Waals surface area (Å²) in [5, 5.41) is 12.8. The van der Waals surface area contributed by atoms with Crippen LogP contribution >= 0.6 is 63.7 Å². The Balaban J connectivity index is 1.76. The van der Waals surface area contributed by atoms with Crippen molar-refractivity contribution in [1.29, 1.82) is 0 Å². The lowest BCUT2D eigenvalue weighted by Gasteiger charge is -2.19. The predicted octanol–water partition coefficient (Wildman–Crippen LogP) is 9.84. The summed E-state index contributed by atoms with van der Waals surface area (Å²) in [5.74, 6) is 0. The Morgan fingerprint density at radius 2 is 0.972 bits per heavy atom. The van der Waals surface area contributed by atoms with E-state index < -0.39 is 0 Å². The first-order valence-electron chi connectivity index (χ1n) is 11.2. The summed E-state index contributed by atoms with van der Waals surface area (Å²) in [6.07, 6.45) is 0. The third-order valence-corrected chi connectivity index (χ3v) is 11.5. The summed E-state index contributed by atoms with van der Waals surface area (Å²) in [4.78, 5) is 27.5. The van der Waals surface area contributed by atoms with Crippen LogP contribution in [0.3, 0.4) is 0 Å². The van der Waals surface area contributed by atoms with Crippen LogP contribution < -0.4 is 10.9 Å². The van der Waals surface area contributed by atoms with Crippen LogP contribution in [0.25, 0.3) is 75.4 Å². The fourth-order valence-electron chi connectivity index (χ4n) is 6.11. The van der Waals surface area contributed by atoms with Gasteiger partial charge in [-0.15, -0.1) is 0 Å². The van der Waals surface area contributed by atoms with Crippen LogP contribution in [0.1, 0.15) is 0 Å². The fraction of sp³-hybridized carbons (Fsp3) is 0. The Morgan fingerprint density at radius 3 is 1.61 bits per heavy atom. The van der Waals surface area contributed by atoms with Crippen LogP contribution in [0.4, 0.5) is 0 Å². The van der Waals surface area contributed by atoms with E-state index >= 15 is 0 Å². The van der Waals surface area contributed by atoms with Gasteiger partial charge in [0, 0.05) is 50.2 Å². The van der Waals surface area contributed by atoms with E-state index in [1.807, 2.05) is 48.5 Å². The van der Waals surface area contributed by atoms with Crippen LogP contribution in [-0.2, 0) is 0 Å². The summed E-state index contributed by atoms with van der Waals surface area (Å²) in [6, 6.07) is 20.3. The van der Waals surface area contributed by atoms with Crippen molar-refractivity contribution in [2.45, 2.75) is 0 Å². The molecular weight excluding hydrogens is 712 g/mol. The van der Waals surface area contributed by atoms with Gasteiger partial charge in [0.25, 0.3) is 0 Å². The maximum atomic E-state index is 13.8. The summed E-state index contributed by atoms with van der Waals surface area (Å²) >= 11 is 14.5. The fourth-order valence-corrected chi connectivity index (χ4v) is 8.27. The Morgan fingerprint density at radius 1 is 0.417 bits per heavy atom. The highest BCUT2D eigenvalue weighted by Gasteiger charge is 2.23. The van der Waals surface area contributed by atoms with Crippen molar-refractivity contribution >= 4 is 139 Å². The van der Waals surface area contributed by atoms with E-state index in [1.165, 1.54) is 0 Å². The van der Waals surface area contributed by atoms with Gasteiger partial charge in [-0.1, -0.05) is 40.2 Å². The molecule has 0 radical (unpaired) electrons. The molecule has 36 heavy (non-hydrogen) atoms. The zero-order valence-electron chi connectivity index (χ0n) is 18.1. The monoisotopic (exact) mass is 718 g/mol. The molecule has 170 valence electrons. The number of fused-ring (bicyclic) bond motifs is 4. The van der Waals surface area contributed by atoms with Crippen LogP contribution in [0.5, 0.6) is 0 Å². The van der Waals surface area contributed by atoms with E-state index in [9.17, 15) is 9.59 Å².